The number of hydrazine groups is 1. The molecule has 0 bridgehead atoms. The second-order valence-corrected chi connectivity index (χ2v) is 4.84. The Balaban J connectivity index is 2.41. The van der Waals surface area contributed by atoms with Gasteiger partial charge in [0, 0.05) is 6.61 Å². The van der Waals surface area contributed by atoms with Crippen molar-refractivity contribution in [2.75, 3.05) is 12.0 Å². The van der Waals surface area contributed by atoms with E-state index in [0.29, 0.717) is 18.2 Å². The molecular formula is C12H18N4OS. The molecule has 0 radical (unpaired) electrons. The number of ether oxygens (including phenoxy) is 1. The van der Waals surface area contributed by atoms with Gasteiger partial charge < -0.3 is 10.2 Å². The van der Waals surface area contributed by atoms with Crippen molar-refractivity contribution in [1.82, 2.24) is 9.97 Å². The lowest BCUT2D eigenvalue weighted by Crippen LogP contribution is -2.14. The third kappa shape index (κ3) is 2.60. The van der Waals surface area contributed by atoms with Crippen LogP contribution in [0.15, 0.2) is 11.4 Å². The van der Waals surface area contributed by atoms with Crippen LogP contribution in [0.25, 0.3) is 10.2 Å². The van der Waals surface area contributed by atoms with Crippen molar-refractivity contribution in [2.24, 2.45) is 5.84 Å². The first kappa shape index (κ1) is 13.2. The van der Waals surface area contributed by atoms with Gasteiger partial charge >= 0.3 is 0 Å². The summed E-state index contributed by atoms with van der Waals surface area (Å²) >= 11 is 1.58. The van der Waals surface area contributed by atoms with Crippen molar-refractivity contribution in [3.8, 4) is 0 Å². The minimum atomic E-state index is -0.0569. The predicted octanol–water partition coefficient (Wildman–Crippen LogP) is 2.85. The Morgan fingerprint density at radius 2 is 2.28 bits per heavy atom. The molecule has 18 heavy (non-hydrogen) atoms. The van der Waals surface area contributed by atoms with Gasteiger partial charge in [-0.2, -0.15) is 0 Å². The number of hydrogen-bond acceptors (Lipinski definition) is 6. The van der Waals surface area contributed by atoms with Gasteiger partial charge in [0.2, 0.25) is 0 Å². The zero-order chi connectivity index (χ0) is 13.0. The van der Waals surface area contributed by atoms with Crippen LogP contribution in [0.2, 0.25) is 0 Å². The zero-order valence-corrected chi connectivity index (χ0v) is 11.5. The Bertz CT molecular complexity index is 508. The van der Waals surface area contributed by atoms with Crippen LogP contribution in [0.1, 0.15) is 38.6 Å². The summed E-state index contributed by atoms with van der Waals surface area (Å²) in [5.74, 6) is 6.89. The van der Waals surface area contributed by atoms with Gasteiger partial charge in [-0.25, -0.2) is 15.8 Å². The summed E-state index contributed by atoms with van der Waals surface area (Å²) in [5, 5.41) is 2.94. The van der Waals surface area contributed by atoms with Crippen molar-refractivity contribution in [1.29, 1.82) is 0 Å². The average Bonchev–Trinajstić information content (AvgIpc) is 2.85. The summed E-state index contributed by atoms with van der Waals surface area (Å²) < 4.78 is 5.70. The second kappa shape index (κ2) is 6.08. The summed E-state index contributed by atoms with van der Waals surface area (Å²) in [4.78, 5) is 9.97. The van der Waals surface area contributed by atoms with E-state index in [0.717, 1.165) is 23.1 Å². The Kier molecular flexibility index (Phi) is 4.46. The molecule has 0 aliphatic heterocycles. The van der Waals surface area contributed by atoms with Gasteiger partial charge in [-0.05, 0) is 24.8 Å². The smallest absolute Gasteiger partial charge is 0.161 e. The molecule has 0 amide bonds. The van der Waals surface area contributed by atoms with Crippen LogP contribution in [0, 0.1) is 0 Å². The van der Waals surface area contributed by atoms with Gasteiger partial charge in [-0.3, -0.25) is 0 Å². The van der Waals surface area contributed by atoms with E-state index in [9.17, 15) is 0 Å². The maximum Gasteiger partial charge on any atom is 0.161 e. The molecular weight excluding hydrogens is 248 g/mol. The quantitative estimate of drug-likeness (QED) is 0.621. The third-order valence-electron chi connectivity index (χ3n) is 2.69. The number of anilines is 1. The Labute approximate surface area is 110 Å². The number of nitrogens with two attached hydrogens (primary N) is 1. The van der Waals surface area contributed by atoms with Crippen molar-refractivity contribution in [3.05, 3.63) is 17.3 Å². The fourth-order valence-electron chi connectivity index (χ4n) is 1.88. The molecule has 3 N–H and O–H groups in total. The molecule has 0 spiro atoms. The lowest BCUT2D eigenvalue weighted by atomic mass is 10.2. The molecule has 6 heteroatoms. The summed E-state index contributed by atoms with van der Waals surface area (Å²) in [6, 6.07) is 1.97. The van der Waals surface area contributed by atoms with E-state index >= 15 is 0 Å². The summed E-state index contributed by atoms with van der Waals surface area (Å²) in [7, 11) is 0. The van der Waals surface area contributed by atoms with E-state index in [1.807, 2.05) is 18.4 Å². The van der Waals surface area contributed by atoms with Gasteiger partial charge in [-0.15, -0.1) is 11.3 Å². The molecule has 0 saturated heterocycles. The number of rotatable bonds is 6. The lowest BCUT2D eigenvalue weighted by Gasteiger charge is -2.15. The normalized spacial score (nSPS) is 12.8. The number of hydrogen-bond donors (Lipinski definition) is 2. The molecule has 2 aromatic heterocycles. The van der Waals surface area contributed by atoms with Crippen LogP contribution in [0.3, 0.4) is 0 Å². The van der Waals surface area contributed by atoms with E-state index in [1.165, 1.54) is 0 Å². The van der Waals surface area contributed by atoms with E-state index < -0.39 is 0 Å². The van der Waals surface area contributed by atoms with Gasteiger partial charge in [-0.1, -0.05) is 13.3 Å². The largest absolute Gasteiger partial charge is 0.371 e. The van der Waals surface area contributed by atoms with E-state index in [-0.39, 0.29) is 6.10 Å². The maximum atomic E-state index is 5.70. The van der Waals surface area contributed by atoms with Crippen molar-refractivity contribution < 1.29 is 4.74 Å². The molecule has 0 saturated carbocycles. The topological polar surface area (TPSA) is 73.1 Å². The number of nitrogens with one attached hydrogen (secondary N) is 1. The highest BCUT2D eigenvalue weighted by Crippen LogP contribution is 2.28. The Morgan fingerprint density at radius 3 is 2.94 bits per heavy atom. The molecule has 1 unspecified atom stereocenters. The van der Waals surface area contributed by atoms with E-state index in [2.05, 4.69) is 22.3 Å². The fourth-order valence-corrected chi connectivity index (χ4v) is 2.65. The van der Waals surface area contributed by atoms with E-state index in [4.69, 9.17) is 10.6 Å². The standard InChI is InChI=1S/C12H18N4OS/c1-3-5-9(17-4-2)11-14-10(16-13)8-6-7-18-12(8)15-11/h6-7,9H,3-5,13H2,1-2H3,(H,14,15,16). The number of aromatic nitrogens is 2. The number of fused-ring (bicyclic) bond motifs is 1. The molecule has 1 atom stereocenters. The van der Waals surface area contributed by atoms with Gasteiger partial charge in [0.1, 0.15) is 10.9 Å². The molecule has 0 aliphatic rings. The maximum absolute atomic E-state index is 5.70. The minimum Gasteiger partial charge on any atom is -0.371 e. The highest BCUT2D eigenvalue weighted by Gasteiger charge is 2.17. The highest BCUT2D eigenvalue weighted by atomic mass is 32.1. The summed E-state index contributed by atoms with van der Waals surface area (Å²) in [6.07, 6.45) is 1.88. The monoisotopic (exact) mass is 266 g/mol. The molecule has 2 rings (SSSR count). The number of nitrogens with zero attached hydrogens (tertiary/aromatic N) is 2. The van der Waals surface area contributed by atoms with Gasteiger partial charge in [0.05, 0.1) is 5.39 Å². The average molecular weight is 266 g/mol. The SMILES string of the molecule is CCCC(OCC)c1nc(NN)c2ccsc2n1. The first-order chi connectivity index (χ1) is 8.80. The Morgan fingerprint density at radius 1 is 1.44 bits per heavy atom. The molecule has 0 fully saturated rings. The van der Waals surface area contributed by atoms with Crippen LogP contribution in [0.5, 0.6) is 0 Å². The molecule has 98 valence electrons. The lowest BCUT2D eigenvalue weighted by molar-refractivity contribution is 0.0497. The van der Waals surface area contributed by atoms with Crippen molar-refractivity contribution in [2.45, 2.75) is 32.8 Å². The molecule has 2 aromatic rings. The number of nitrogen functional groups attached to an aromatic ring is 1. The fraction of sp³-hybridized carbons (Fsp3) is 0.500. The van der Waals surface area contributed by atoms with Gasteiger partial charge in [0.25, 0.3) is 0 Å². The first-order valence-electron chi connectivity index (χ1n) is 6.13. The summed E-state index contributed by atoms with van der Waals surface area (Å²) in [6.45, 7) is 4.76. The summed E-state index contributed by atoms with van der Waals surface area (Å²) in [5.41, 5.74) is 2.64. The first-order valence-corrected chi connectivity index (χ1v) is 7.01. The highest BCUT2D eigenvalue weighted by molar-refractivity contribution is 7.16. The van der Waals surface area contributed by atoms with Gasteiger partial charge in [0.15, 0.2) is 11.6 Å². The zero-order valence-electron chi connectivity index (χ0n) is 10.6. The van der Waals surface area contributed by atoms with Crippen LogP contribution < -0.4 is 11.3 Å². The molecule has 0 aromatic carbocycles. The molecule has 2 heterocycles. The minimum absolute atomic E-state index is 0.0569. The van der Waals surface area contributed by atoms with Crippen LogP contribution in [-0.4, -0.2) is 16.6 Å². The Hall–Kier alpha value is -1.24. The van der Waals surface area contributed by atoms with Crippen LogP contribution in [-0.2, 0) is 4.74 Å². The molecule has 0 aliphatic carbocycles. The van der Waals surface area contributed by atoms with Crippen LogP contribution >= 0.6 is 11.3 Å². The van der Waals surface area contributed by atoms with Crippen molar-refractivity contribution >= 4 is 27.4 Å². The van der Waals surface area contributed by atoms with E-state index in [1.54, 1.807) is 11.3 Å². The molecule has 5 nitrogen and oxygen atoms in total. The third-order valence-corrected chi connectivity index (χ3v) is 3.49. The van der Waals surface area contributed by atoms with Crippen LogP contribution in [0.4, 0.5) is 5.82 Å². The second-order valence-electron chi connectivity index (χ2n) is 3.95. The predicted molar refractivity (Wildman–Crippen MR) is 74.5 cm³/mol. The van der Waals surface area contributed by atoms with Crippen molar-refractivity contribution in [3.63, 3.8) is 0 Å². The number of thiophene rings is 1.